The molecule has 1 aromatic heterocycles. The van der Waals surface area contributed by atoms with Crippen molar-refractivity contribution < 1.29 is 27.4 Å². The summed E-state index contributed by atoms with van der Waals surface area (Å²) in [4.78, 5) is 14.8. The molecule has 0 bridgehead atoms. The van der Waals surface area contributed by atoms with Crippen molar-refractivity contribution in [2.45, 2.75) is 19.2 Å². The van der Waals surface area contributed by atoms with E-state index in [0.29, 0.717) is 12.2 Å². The summed E-state index contributed by atoms with van der Waals surface area (Å²) in [6.07, 6.45) is -4.41. The van der Waals surface area contributed by atoms with Crippen LogP contribution >= 0.6 is 0 Å². The molecule has 0 aliphatic heterocycles. The maximum Gasteiger partial charge on any atom is 0.433 e. The van der Waals surface area contributed by atoms with Crippen molar-refractivity contribution in [3.05, 3.63) is 65.0 Å². The number of esters is 1. The van der Waals surface area contributed by atoms with Gasteiger partial charge in [0.1, 0.15) is 11.4 Å². The Morgan fingerprint density at radius 2 is 1.83 bits per heavy atom. The molecule has 4 nitrogen and oxygen atoms in total. The molecule has 128 valence electrons. The molecular weight excluding hydrogens is 323 g/mol. The van der Waals surface area contributed by atoms with Gasteiger partial charge < -0.3 is 9.47 Å². The summed E-state index contributed by atoms with van der Waals surface area (Å²) in [6.45, 7) is 0.582. The third kappa shape index (κ3) is 5.06. The number of halogens is 3. The molecule has 1 aromatic carbocycles. The highest BCUT2D eigenvalue weighted by atomic mass is 19.4. The van der Waals surface area contributed by atoms with Crippen LogP contribution in [0.1, 0.15) is 27.3 Å². The molecule has 0 saturated carbocycles. The number of hydrogen-bond acceptors (Lipinski definition) is 4. The van der Waals surface area contributed by atoms with Crippen LogP contribution in [0.3, 0.4) is 0 Å². The maximum atomic E-state index is 12.9. The van der Waals surface area contributed by atoms with Crippen LogP contribution < -0.4 is 0 Å². The van der Waals surface area contributed by atoms with Gasteiger partial charge in [-0.2, -0.15) is 13.2 Å². The Bertz CT molecular complexity index is 687. The lowest BCUT2D eigenvalue weighted by molar-refractivity contribution is -0.141. The molecule has 0 amide bonds. The molecule has 0 fully saturated rings. The zero-order valence-electron chi connectivity index (χ0n) is 13.0. The first kappa shape index (κ1) is 17.9. The molecule has 0 unspecified atom stereocenters. The van der Waals surface area contributed by atoms with Crippen molar-refractivity contribution in [2.75, 3.05) is 13.7 Å². The summed E-state index contributed by atoms with van der Waals surface area (Å²) in [6, 6.07) is 11.6. The minimum absolute atomic E-state index is 0.219. The maximum absolute atomic E-state index is 12.9. The van der Waals surface area contributed by atoms with Gasteiger partial charge in [0.2, 0.25) is 0 Å². The first-order valence-corrected chi connectivity index (χ1v) is 7.18. The number of benzene rings is 1. The van der Waals surface area contributed by atoms with E-state index in [-0.39, 0.29) is 18.7 Å². The number of nitrogens with zero attached hydrogens (tertiary/aromatic N) is 1. The second kappa shape index (κ2) is 7.92. The predicted molar refractivity (Wildman–Crippen MR) is 80.4 cm³/mol. The van der Waals surface area contributed by atoms with Crippen molar-refractivity contribution in [1.29, 1.82) is 0 Å². The molecule has 7 heteroatoms. The number of ether oxygens (including phenoxy) is 2. The summed E-state index contributed by atoms with van der Waals surface area (Å²) in [7, 11) is 1.09. The van der Waals surface area contributed by atoms with Gasteiger partial charge in [0.05, 0.1) is 20.3 Å². The first-order chi connectivity index (χ1) is 11.4. The van der Waals surface area contributed by atoms with Crippen molar-refractivity contribution in [1.82, 2.24) is 4.98 Å². The molecule has 2 aromatic rings. The number of carbonyl (C=O) groups is 1. The van der Waals surface area contributed by atoms with Crippen molar-refractivity contribution in [3.8, 4) is 0 Å². The van der Waals surface area contributed by atoms with E-state index in [1.165, 1.54) is 6.07 Å². The normalized spacial score (nSPS) is 11.3. The second-order valence-corrected chi connectivity index (χ2v) is 5.02. The third-order valence-electron chi connectivity index (χ3n) is 3.22. The highest BCUT2D eigenvalue weighted by molar-refractivity contribution is 5.87. The van der Waals surface area contributed by atoms with E-state index in [1.807, 2.05) is 30.3 Å². The lowest BCUT2D eigenvalue weighted by atomic mass is 10.1. The number of methoxy groups -OCH3 is 1. The van der Waals surface area contributed by atoms with E-state index in [4.69, 9.17) is 4.74 Å². The second-order valence-electron chi connectivity index (χ2n) is 5.02. The van der Waals surface area contributed by atoms with E-state index < -0.39 is 17.8 Å². The minimum Gasteiger partial charge on any atom is -0.464 e. The molecule has 0 saturated heterocycles. The minimum atomic E-state index is -4.64. The number of rotatable bonds is 6. The quantitative estimate of drug-likeness (QED) is 0.595. The Labute approximate surface area is 137 Å². The van der Waals surface area contributed by atoms with Gasteiger partial charge in [-0.1, -0.05) is 30.3 Å². The van der Waals surface area contributed by atoms with Gasteiger partial charge in [-0.15, -0.1) is 0 Å². The molecule has 0 radical (unpaired) electrons. The molecule has 0 atom stereocenters. The van der Waals surface area contributed by atoms with Gasteiger partial charge in [0.25, 0.3) is 0 Å². The molecule has 0 aliphatic carbocycles. The van der Waals surface area contributed by atoms with Crippen LogP contribution in [0.25, 0.3) is 0 Å². The van der Waals surface area contributed by atoms with Gasteiger partial charge in [-0.25, -0.2) is 9.78 Å². The topological polar surface area (TPSA) is 48.4 Å². The van der Waals surface area contributed by atoms with E-state index >= 15 is 0 Å². The Hall–Kier alpha value is -2.41. The van der Waals surface area contributed by atoms with Crippen LogP contribution in [0.2, 0.25) is 0 Å². The largest absolute Gasteiger partial charge is 0.464 e. The summed E-state index contributed by atoms with van der Waals surface area (Å²) in [5.41, 5.74) is -0.210. The first-order valence-electron chi connectivity index (χ1n) is 7.18. The monoisotopic (exact) mass is 339 g/mol. The molecular formula is C17H16F3NO3. The average molecular weight is 339 g/mol. The number of aromatic nitrogens is 1. The Kier molecular flexibility index (Phi) is 5.92. The van der Waals surface area contributed by atoms with E-state index in [9.17, 15) is 18.0 Å². The summed E-state index contributed by atoms with van der Waals surface area (Å²) < 4.78 is 48.5. The number of alkyl halides is 3. The van der Waals surface area contributed by atoms with Crippen LogP contribution in [0.4, 0.5) is 13.2 Å². The van der Waals surface area contributed by atoms with E-state index in [2.05, 4.69) is 9.72 Å². The molecule has 0 aliphatic rings. The summed E-state index contributed by atoms with van der Waals surface area (Å²) >= 11 is 0. The van der Waals surface area contributed by atoms with E-state index in [0.717, 1.165) is 18.7 Å². The van der Waals surface area contributed by atoms with Gasteiger partial charge in [-0.05, 0) is 29.7 Å². The fraction of sp³-hybridized carbons (Fsp3) is 0.294. The van der Waals surface area contributed by atoms with Crippen LogP contribution in [0.15, 0.2) is 42.5 Å². The van der Waals surface area contributed by atoms with Crippen molar-refractivity contribution in [3.63, 3.8) is 0 Å². The molecule has 2 rings (SSSR count). The van der Waals surface area contributed by atoms with Crippen LogP contribution in [0.5, 0.6) is 0 Å². The zero-order valence-corrected chi connectivity index (χ0v) is 13.0. The van der Waals surface area contributed by atoms with E-state index in [1.54, 1.807) is 0 Å². The predicted octanol–water partition coefficient (Wildman–Crippen LogP) is 3.65. The number of pyridine rings is 1. The highest BCUT2D eigenvalue weighted by Gasteiger charge is 2.33. The van der Waals surface area contributed by atoms with Crippen molar-refractivity contribution >= 4 is 5.97 Å². The molecule has 1 heterocycles. The molecule has 0 spiro atoms. The standard InChI is InChI=1S/C17H16F3NO3/c1-23-16(22)14-9-13(10-15(21-14)17(18,19)20)7-8-24-11-12-5-3-2-4-6-12/h2-6,9-10H,7-8,11H2,1H3. The van der Waals surface area contributed by atoms with Gasteiger partial charge in [0, 0.05) is 0 Å². The average Bonchev–Trinajstić information content (AvgIpc) is 2.58. The van der Waals surface area contributed by atoms with Crippen LogP contribution in [-0.2, 0) is 28.7 Å². The SMILES string of the molecule is COC(=O)c1cc(CCOCc2ccccc2)cc(C(F)(F)F)n1. The fourth-order valence-corrected chi connectivity index (χ4v) is 2.04. The Morgan fingerprint density at radius 3 is 2.46 bits per heavy atom. The van der Waals surface area contributed by atoms with Crippen LogP contribution in [0, 0.1) is 0 Å². The van der Waals surface area contributed by atoms with Crippen molar-refractivity contribution in [2.24, 2.45) is 0 Å². The number of hydrogen-bond donors (Lipinski definition) is 0. The molecule has 0 N–H and O–H groups in total. The lowest BCUT2D eigenvalue weighted by Crippen LogP contribution is -2.14. The highest BCUT2D eigenvalue weighted by Crippen LogP contribution is 2.28. The summed E-state index contributed by atoms with van der Waals surface area (Å²) in [5, 5.41) is 0. The Balaban J connectivity index is 2.04. The number of carbonyl (C=O) groups excluding carboxylic acids is 1. The Morgan fingerprint density at radius 1 is 1.12 bits per heavy atom. The smallest absolute Gasteiger partial charge is 0.433 e. The summed E-state index contributed by atoms with van der Waals surface area (Å²) in [5.74, 6) is -0.910. The third-order valence-corrected chi connectivity index (χ3v) is 3.22. The fourth-order valence-electron chi connectivity index (χ4n) is 2.04. The zero-order chi connectivity index (χ0) is 17.6. The van der Waals surface area contributed by atoms with Gasteiger partial charge >= 0.3 is 12.1 Å². The van der Waals surface area contributed by atoms with Crippen LogP contribution in [-0.4, -0.2) is 24.7 Å². The molecule has 24 heavy (non-hydrogen) atoms. The van der Waals surface area contributed by atoms with Gasteiger partial charge in [0.15, 0.2) is 0 Å². The van der Waals surface area contributed by atoms with Gasteiger partial charge in [-0.3, -0.25) is 0 Å². The lowest BCUT2D eigenvalue weighted by Gasteiger charge is -2.11.